The van der Waals surface area contributed by atoms with E-state index in [1.165, 1.54) is 12.8 Å². The number of carbonyl (C=O) groups is 1. The Hall–Kier alpha value is -0.530. The number of hydrogen-bond donors (Lipinski definition) is 1. The second-order valence-electron chi connectivity index (χ2n) is 3.39. The summed E-state index contributed by atoms with van der Waals surface area (Å²) in [6.07, 6.45) is 4.30. The SMILES string of the molecule is CCCCC1(C)CC(=O)N1. The molecule has 1 rings (SSSR count). The molecule has 1 heterocycles. The molecule has 1 amide bonds. The van der Waals surface area contributed by atoms with Crippen molar-refractivity contribution in [1.82, 2.24) is 5.32 Å². The fourth-order valence-corrected chi connectivity index (χ4v) is 1.39. The Morgan fingerprint density at radius 1 is 1.70 bits per heavy atom. The Labute approximate surface area is 62.0 Å². The molecule has 1 aliphatic heterocycles. The van der Waals surface area contributed by atoms with Crippen LogP contribution < -0.4 is 5.32 Å². The highest BCUT2D eigenvalue weighted by atomic mass is 16.2. The zero-order chi connectivity index (χ0) is 7.61. The molecule has 1 fully saturated rings. The lowest BCUT2D eigenvalue weighted by atomic mass is 9.84. The summed E-state index contributed by atoms with van der Waals surface area (Å²) in [5, 5.41) is 2.92. The molecule has 0 aliphatic carbocycles. The van der Waals surface area contributed by atoms with Crippen LogP contribution in [0.15, 0.2) is 0 Å². The first-order valence-corrected chi connectivity index (χ1v) is 3.97. The normalized spacial score (nSPS) is 31.2. The van der Waals surface area contributed by atoms with Crippen molar-refractivity contribution >= 4 is 5.91 Å². The first kappa shape index (κ1) is 7.58. The van der Waals surface area contributed by atoms with Crippen molar-refractivity contribution in [2.45, 2.75) is 45.1 Å². The van der Waals surface area contributed by atoms with Gasteiger partial charge in [-0.05, 0) is 13.3 Å². The maximum atomic E-state index is 10.6. The van der Waals surface area contributed by atoms with Crippen molar-refractivity contribution in [2.75, 3.05) is 0 Å². The van der Waals surface area contributed by atoms with Crippen LogP contribution >= 0.6 is 0 Å². The number of rotatable bonds is 3. The highest BCUT2D eigenvalue weighted by Gasteiger charge is 2.36. The number of β-lactam (4-membered cyclic amide) rings is 1. The second kappa shape index (κ2) is 2.60. The molecule has 10 heavy (non-hydrogen) atoms. The molecule has 0 spiro atoms. The van der Waals surface area contributed by atoms with Crippen molar-refractivity contribution in [3.05, 3.63) is 0 Å². The smallest absolute Gasteiger partial charge is 0.222 e. The minimum atomic E-state index is 0.146. The number of hydrogen-bond acceptors (Lipinski definition) is 1. The second-order valence-corrected chi connectivity index (χ2v) is 3.39. The molecular formula is C8H15NO. The third-order valence-corrected chi connectivity index (χ3v) is 2.07. The molecule has 0 saturated carbocycles. The Bertz CT molecular complexity index is 134. The summed E-state index contributed by atoms with van der Waals surface area (Å²) in [5.41, 5.74) is 0.146. The fraction of sp³-hybridized carbons (Fsp3) is 0.875. The molecule has 1 aliphatic rings. The maximum absolute atomic E-state index is 10.6. The van der Waals surface area contributed by atoms with Gasteiger partial charge in [-0.3, -0.25) is 4.79 Å². The predicted molar refractivity (Wildman–Crippen MR) is 40.7 cm³/mol. The molecular weight excluding hydrogens is 126 g/mol. The van der Waals surface area contributed by atoms with Gasteiger partial charge in [0, 0.05) is 12.0 Å². The molecule has 1 N–H and O–H groups in total. The number of unbranched alkanes of at least 4 members (excludes halogenated alkanes) is 1. The van der Waals surface area contributed by atoms with Crippen LogP contribution in [0, 0.1) is 0 Å². The van der Waals surface area contributed by atoms with E-state index in [0.717, 1.165) is 12.8 Å². The van der Waals surface area contributed by atoms with Crippen LogP contribution in [0.1, 0.15) is 39.5 Å². The lowest BCUT2D eigenvalue weighted by Gasteiger charge is -2.39. The van der Waals surface area contributed by atoms with E-state index in [1.807, 2.05) is 0 Å². The van der Waals surface area contributed by atoms with Gasteiger partial charge in [0.2, 0.25) is 5.91 Å². The van der Waals surface area contributed by atoms with Crippen LogP contribution in [0.4, 0.5) is 0 Å². The highest BCUT2D eigenvalue weighted by molar-refractivity contribution is 5.84. The summed E-state index contributed by atoms with van der Waals surface area (Å²) in [4.78, 5) is 10.6. The highest BCUT2D eigenvalue weighted by Crippen LogP contribution is 2.24. The van der Waals surface area contributed by atoms with Gasteiger partial charge in [0.25, 0.3) is 0 Å². The third-order valence-electron chi connectivity index (χ3n) is 2.07. The van der Waals surface area contributed by atoms with Crippen molar-refractivity contribution < 1.29 is 4.79 Å². The molecule has 1 unspecified atom stereocenters. The van der Waals surface area contributed by atoms with Crippen LogP contribution in [0.3, 0.4) is 0 Å². The Kier molecular flexibility index (Phi) is 1.97. The summed E-state index contributed by atoms with van der Waals surface area (Å²) < 4.78 is 0. The van der Waals surface area contributed by atoms with Gasteiger partial charge in [-0.15, -0.1) is 0 Å². The van der Waals surface area contributed by atoms with Crippen molar-refractivity contribution in [1.29, 1.82) is 0 Å². The van der Waals surface area contributed by atoms with Crippen LogP contribution in [-0.4, -0.2) is 11.4 Å². The molecule has 1 atom stereocenters. The van der Waals surface area contributed by atoms with Gasteiger partial charge in [-0.25, -0.2) is 0 Å². The van der Waals surface area contributed by atoms with Crippen molar-refractivity contribution in [3.8, 4) is 0 Å². The van der Waals surface area contributed by atoms with Gasteiger partial charge < -0.3 is 5.32 Å². The average Bonchev–Trinajstić information content (AvgIpc) is 1.81. The largest absolute Gasteiger partial charge is 0.350 e. The number of amides is 1. The molecule has 0 radical (unpaired) electrons. The van der Waals surface area contributed by atoms with Crippen LogP contribution in [-0.2, 0) is 4.79 Å². The first-order valence-electron chi connectivity index (χ1n) is 3.97. The van der Waals surface area contributed by atoms with E-state index in [0.29, 0.717) is 0 Å². The Morgan fingerprint density at radius 2 is 2.30 bits per heavy atom. The molecule has 0 aromatic rings. The molecule has 2 nitrogen and oxygen atoms in total. The van der Waals surface area contributed by atoms with E-state index in [2.05, 4.69) is 19.2 Å². The average molecular weight is 141 g/mol. The minimum absolute atomic E-state index is 0.146. The molecule has 58 valence electrons. The zero-order valence-electron chi connectivity index (χ0n) is 6.74. The van der Waals surface area contributed by atoms with Crippen LogP contribution in [0.25, 0.3) is 0 Å². The first-order chi connectivity index (χ1) is 4.66. The van der Waals surface area contributed by atoms with E-state index in [9.17, 15) is 4.79 Å². The lowest BCUT2D eigenvalue weighted by Crippen LogP contribution is -2.58. The number of nitrogens with one attached hydrogen (secondary N) is 1. The van der Waals surface area contributed by atoms with Gasteiger partial charge in [-0.1, -0.05) is 19.8 Å². The monoisotopic (exact) mass is 141 g/mol. The van der Waals surface area contributed by atoms with Crippen LogP contribution in [0.2, 0.25) is 0 Å². The molecule has 1 saturated heterocycles. The van der Waals surface area contributed by atoms with Gasteiger partial charge in [0.05, 0.1) is 0 Å². The lowest BCUT2D eigenvalue weighted by molar-refractivity contribution is -0.132. The molecule has 0 bridgehead atoms. The van der Waals surface area contributed by atoms with Crippen molar-refractivity contribution in [2.24, 2.45) is 0 Å². The van der Waals surface area contributed by atoms with Crippen molar-refractivity contribution in [3.63, 3.8) is 0 Å². The number of carbonyl (C=O) groups excluding carboxylic acids is 1. The summed E-state index contributed by atoms with van der Waals surface area (Å²) in [7, 11) is 0. The Balaban J connectivity index is 2.21. The summed E-state index contributed by atoms with van der Waals surface area (Å²) in [5.74, 6) is 0.207. The molecule has 0 aromatic carbocycles. The summed E-state index contributed by atoms with van der Waals surface area (Å²) >= 11 is 0. The quantitative estimate of drug-likeness (QED) is 0.592. The van der Waals surface area contributed by atoms with E-state index >= 15 is 0 Å². The molecule has 2 heteroatoms. The van der Waals surface area contributed by atoms with E-state index < -0.39 is 0 Å². The van der Waals surface area contributed by atoms with Gasteiger partial charge in [0.1, 0.15) is 0 Å². The van der Waals surface area contributed by atoms with Crippen LogP contribution in [0.5, 0.6) is 0 Å². The van der Waals surface area contributed by atoms with E-state index in [-0.39, 0.29) is 11.4 Å². The summed E-state index contributed by atoms with van der Waals surface area (Å²) in [6, 6.07) is 0. The van der Waals surface area contributed by atoms with Gasteiger partial charge >= 0.3 is 0 Å². The van der Waals surface area contributed by atoms with Gasteiger partial charge in [-0.2, -0.15) is 0 Å². The minimum Gasteiger partial charge on any atom is -0.350 e. The molecule has 0 aromatic heterocycles. The fourth-order valence-electron chi connectivity index (χ4n) is 1.39. The van der Waals surface area contributed by atoms with Gasteiger partial charge in [0.15, 0.2) is 0 Å². The Morgan fingerprint density at radius 3 is 2.70 bits per heavy atom. The maximum Gasteiger partial charge on any atom is 0.222 e. The van der Waals surface area contributed by atoms with E-state index in [1.54, 1.807) is 0 Å². The topological polar surface area (TPSA) is 29.1 Å². The van der Waals surface area contributed by atoms with E-state index in [4.69, 9.17) is 0 Å². The summed E-state index contributed by atoms with van der Waals surface area (Å²) in [6.45, 7) is 4.29. The standard InChI is InChI=1S/C8H15NO/c1-3-4-5-8(2)6-7(10)9-8/h3-6H2,1-2H3,(H,9,10). The predicted octanol–water partition coefficient (Wildman–Crippen LogP) is 1.46. The zero-order valence-corrected chi connectivity index (χ0v) is 6.74. The third kappa shape index (κ3) is 1.49.